The van der Waals surface area contributed by atoms with Crippen LogP contribution in [-0.4, -0.2) is 43.3 Å². The van der Waals surface area contributed by atoms with Gasteiger partial charge in [0.15, 0.2) is 0 Å². The summed E-state index contributed by atoms with van der Waals surface area (Å²) in [5, 5.41) is 13.3. The van der Waals surface area contributed by atoms with E-state index < -0.39 is 23.4 Å². The van der Waals surface area contributed by atoms with Gasteiger partial charge in [0.05, 0.1) is 12.5 Å². The summed E-state index contributed by atoms with van der Waals surface area (Å²) in [7, 11) is 1.20. The first kappa shape index (κ1) is 14.2. The summed E-state index contributed by atoms with van der Waals surface area (Å²) in [6.45, 7) is 2.68. The van der Waals surface area contributed by atoms with E-state index in [0.717, 1.165) is 0 Å². The number of aliphatic carboxylic acids is 1. The summed E-state index contributed by atoms with van der Waals surface area (Å²) in [6.07, 6.45) is 0. The van der Waals surface area contributed by atoms with Crippen molar-refractivity contribution in [1.82, 2.24) is 10.6 Å². The molecule has 0 bridgehead atoms. The molecule has 0 aliphatic carbocycles. The average molecular weight is 232 g/mol. The monoisotopic (exact) mass is 232 g/mol. The maximum atomic E-state index is 11.1. The minimum Gasteiger partial charge on any atom is -0.481 e. The van der Waals surface area contributed by atoms with Crippen LogP contribution in [-0.2, 0) is 14.3 Å². The molecule has 0 aromatic carbocycles. The maximum absolute atomic E-state index is 11.1. The van der Waals surface area contributed by atoms with Gasteiger partial charge >= 0.3 is 18.0 Å². The summed E-state index contributed by atoms with van der Waals surface area (Å²) in [6, 6.07) is -0.611. The van der Waals surface area contributed by atoms with E-state index in [4.69, 9.17) is 5.11 Å². The van der Waals surface area contributed by atoms with Crippen LogP contribution in [0.5, 0.6) is 0 Å². The molecule has 0 unspecified atom stereocenters. The van der Waals surface area contributed by atoms with Crippen LogP contribution in [0.25, 0.3) is 0 Å². The summed E-state index contributed by atoms with van der Waals surface area (Å²) >= 11 is 0. The average Bonchev–Trinajstić information content (AvgIpc) is 2.22. The van der Waals surface area contributed by atoms with E-state index in [9.17, 15) is 14.4 Å². The number of hydrogen-bond acceptors (Lipinski definition) is 4. The van der Waals surface area contributed by atoms with Crippen molar-refractivity contribution >= 4 is 18.0 Å². The van der Waals surface area contributed by atoms with Crippen molar-refractivity contribution in [2.75, 3.05) is 20.2 Å². The van der Waals surface area contributed by atoms with Crippen molar-refractivity contribution in [1.29, 1.82) is 0 Å². The van der Waals surface area contributed by atoms with Gasteiger partial charge in [-0.3, -0.25) is 9.59 Å². The molecule has 0 aliphatic rings. The molecule has 0 saturated heterocycles. The molecule has 0 fully saturated rings. The zero-order valence-corrected chi connectivity index (χ0v) is 9.49. The Balaban J connectivity index is 3.90. The third-order valence-corrected chi connectivity index (χ3v) is 1.89. The Kier molecular flexibility index (Phi) is 5.27. The number of esters is 1. The maximum Gasteiger partial charge on any atom is 0.325 e. The largest absolute Gasteiger partial charge is 0.481 e. The molecule has 0 saturated carbocycles. The van der Waals surface area contributed by atoms with Crippen molar-refractivity contribution in [3.05, 3.63) is 0 Å². The Labute approximate surface area is 93.2 Å². The number of methoxy groups -OCH3 is 1. The second-order valence-corrected chi connectivity index (χ2v) is 3.80. The molecule has 16 heavy (non-hydrogen) atoms. The zero-order valence-electron chi connectivity index (χ0n) is 9.49. The van der Waals surface area contributed by atoms with Crippen LogP contribution in [0.1, 0.15) is 13.8 Å². The highest BCUT2D eigenvalue weighted by molar-refractivity contribution is 5.81. The van der Waals surface area contributed by atoms with E-state index in [1.807, 2.05) is 0 Å². The minimum atomic E-state index is -1.05. The molecule has 0 rings (SSSR count). The van der Waals surface area contributed by atoms with Gasteiger partial charge in [0.25, 0.3) is 0 Å². The van der Waals surface area contributed by atoms with Crippen LogP contribution in [0, 0.1) is 5.41 Å². The van der Waals surface area contributed by atoms with E-state index in [-0.39, 0.29) is 13.1 Å². The minimum absolute atomic E-state index is 0.0324. The third-order valence-electron chi connectivity index (χ3n) is 1.89. The molecule has 92 valence electrons. The number of ether oxygens (including phenoxy) is 1. The molecule has 0 aromatic heterocycles. The number of carbonyl (C=O) groups excluding carboxylic acids is 2. The summed E-state index contributed by atoms with van der Waals surface area (Å²) in [4.78, 5) is 32.5. The van der Waals surface area contributed by atoms with Gasteiger partial charge in [-0.15, -0.1) is 0 Å². The smallest absolute Gasteiger partial charge is 0.325 e. The molecule has 0 aliphatic heterocycles. The van der Waals surface area contributed by atoms with Crippen LogP contribution in [0.2, 0.25) is 0 Å². The highest BCUT2D eigenvalue weighted by Gasteiger charge is 2.27. The number of amides is 2. The van der Waals surface area contributed by atoms with E-state index >= 15 is 0 Å². The van der Waals surface area contributed by atoms with Gasteiger partial charge in [-0.05, 0) is 13.8 Å². The van der Waals surface area contributed by atoms with Crippen LogP contribution in [0.15, 0.2) is 0 Å². The fourth-order valence-electron chi connectivity index (χ4n) is 0.664. The summed E-state index contributed by atoms with van der Waals surface area (Å²) in [5.74, 6) is -1.59. The van der Waals surface area contributed by atoms with Crippen molar-refractivity contribution in [2.45, 2.75) is 13.8 Å². The third kappa shape index (κ3) is 5.18. The van der Waals surface area contributed by atoms with Crippen molar-refractivity contribution < 1.29 is 24.2 Å². The van der Waals surface area contributed by atoms with Crippen LogP contribution < -0.4 is 10.6 Å². The molecule has 7 nitrogen and oxygen atoms in total. The Bertz CT molecular complexity index is 288. The lowest BCUT2D eigenvalue weighted by Crippen LogP contribution is -2.44. The highest BCUT2D eigenvalue weighted by atomic mass is 16.5. The Hall–Kier alpha value is -1.79. The van der Waals surface area contributed by atoms with Gasteiger partial charge in [-0.25, -0.2) is 4.79 Å². The van der Waals surface area contributed by atoms with Crippen molar-refractivity contribution in [2.24, 2.45) is 5.41 Å². The summed E-state index contributed by atoms with van der Waals surface area (Å²) < 4.78 is 4.31. The van der Waals surface area contributed by atoms with Crippen LogP contribution >= 0.6 is 0 Å². The fourth-order valence-corrected chi connectivity index (χ4v) is 0.664. The predicted molar refractivity (Wildman–Crippen MR) is 54.8 cm³/mol. The molecule has 0 atom stereocenters. The van der Waals surface area contributed by atoms with E-state index in [0.29, 0.717) is 0 Å². The number of rotatable bonds is 5. The van der Waals surface area contributed by atoms with E-state index in [1.165, 1.54) is 21.0 Å². The molecule has 0 spiro atoms. The van der Waals surface area contributed by atoms with Gasteiger partial charge in [0.1, 0.15) is 6.54 Å². The van der Waals surface area contributed by atoms with Gasteiger partial charge in [0.2, 0.25) is 0 Å². The highest BCUT2D eigenvalue weighted by Crippen LogP contribution is 2.12. The molecule has 3 N–H and O–H groups in total. The number of carbonyl (C=O) groups is 3. The van der Waals surface area contributed by atoms with Crippen molar-refractivity contribution in [3.8, 4) is 0 Å². The van der Waals surface area contributed by atoms with Crippen molar-refractivity contribution in [3.63, 3.8) is 0 Å². The quantitative estimate of drug-likeness (QED) is 0.558. The standard InChI is InChI=1S/C9H16N2O5/c1-9(2,7(13)14)5-11-8(15)10-4-6(12)16-3/h4-5H2,1-3H3,(H,13,14)(H2,10,11,15). The summed E-state index contributed by atoms with van der Waals surface area (Å²) in [5.41, 5.74) is -1.05. The normalized spacial score (nSPS) is 10.4. The molecule has 2 amide bonds. The number of carboxylic acid groups (broad SMARTS) is 1. The lowest BCUT2D eigenvalue weighted by Gasteiger charge is -2.19. The Morgan fingerprint density at radius 2 is 1.81 bits per heavy atom. The van der Waals surface area contributed by atoms with Crippen LogP contribution in [0.3, 0.4) is 0 Å². The molecular formula is C9H16N2O5. The number of nitrogens with one attached hydrogen (secondary N) is 2. The predicted octanol–water partition coefficient (Wildman–Crippen LogP) is -0.431. The Morgan fingerprint density at radius 3 is 2.25 bits per heavy atom. The van der Waals surface area contributed by atoms with Crippen LogP contribution in [0.4, 0.5) is 4.79 Å². The first-order valence-electron chi connectivity index (χ1n) is 4.61. The topological polar surface area (TPSA) is 105 Å². The van der Waals surface area contributed by atoms with Gasteiger partial charge in [0, 0.05) is 6.54 Å². The first-order valence-corrected chi connectivity index (χ1v) is 4.61. The molecule has 0 heterocycles. The molecular weight excluding hydrogens is 216 g/mol. The zero-order chi connectivity index (χ0) is 12.8. The second-order valence-electron chi connectivity index (χ2n) is 3.80. The molecule has 0 radical (unpaired) electrons. The second kappa shape index (κ2) is 5.94. The van der Waals surface area contributed by atoms with E-state index in [2.05, 4.69) is 15.4 Å². The van der Waals surface area contributed by atoms with Gasteiger partial charge < -0.3 is 20.5 Å². The van der Waals surface area contributed by atoms with Gasteiger partial charge in [-0.1, -0.05) is 0 Å². The SMILES string of the molecule is COC(=O)CNC(=O)NCC(C)(C)C(=O)O. The number of urea groups is 1. The number of hydrogen-bond donors (Lipinski definition) is 3. The lowest BCUT2D eigenvalue weighted by atomic mass is 9.94. The Morgan fingerprint density at radius 1 is 1.25 bits per heavy atom. The fraction of sp³-hybridized carbons (Fsp3) is 0.667. The lowest BCUT2D eigenvalue weighted by molar-refractivity contribution is -0.146. The number of carboxylic acids is 1. The first-order chi connectivity index (χ1) is 7.29. The van der Waals surface area contributed by atoms with E-state index in [1.54, 1.807) is 0 Å². The molecule has 0 aromatic rings. The molecule has 7 heteroatoms. The van der Waals surface area contributed by atoms with Gasteiger partial charge in [-0.2, -0.15) is 0 Å².